The minimum absolute atomic E-state index is 0.0375. The van der Waals surface area contributed by atoms with Crippen LogP contribution in [0.15, 0.2) is 15.7 Å². The van der Waals surface area contributed by atoms with Crippen LogP contribution in [0.3, 0.4) is 0 Å². The molecule has 0 bridgehead atoms. The molecule has 20 heavy (non-hydrogen) atoms. The predicted octanol–water partition coefficient (Wildman–Crippen LogP) is -0.297. The highest BCUT2D eigenvalue weighted by atomic mass is 32.2. The number of rotatable bonds is 3. The van der Waals surface area contributed by atoms with Crippen molar-refractivity contribution in [3.63, 3.8) is 0 Å². The maximum absolute atomic E-state index is 12.0. The molecule has 1 fully saturated rings. The molecule has 1 atom stereocenters. The fourth-order valence-corrected chi connectivity index (χ4v) is 5.72. The number of hydrogen-bond acceptors (Lipinski definition) is 6. The quantitative estimate of drug-likeness (QED) is 0.783. The molecule has 1 aromatic rings. The first-order valence-electron chi connectivity index (χ1n) is 5.65. The molecule has 10 heteroatoms. The number of sulfonamides is 1. The van der Waals surface area contributed by atoms with Gasteiger partial charge in [-0.2, -0.15) is 0 Å². The van der Waals surface area contributed by atoms with Crippen molar-refractivity contribution in [2.24, 2.45) is 5.14 Å². The maximum Gasteiger partial charge on any atom is 0.252 e. The third-order valence-electron chi connectivity index (χ3n) is 3.04. The van der Waals surface area contributed by atoms with E-state index in [0.717, 1.165) is 11.3 Å². The van der Waals surface area contributed by atoms with Gasteiger partial charge < -0.3 is 5.32 Å². The van der Waals surface area contributed by atoms with Crippen molar-refractivity contribution in [1.82, 2.24) is 5.32 Å². The van der Waals surface area contributed by atoms with Crippen molar-refractivity contribution >= 4 is 37.1 Å². The molecule has 0 aliphatic carbocycles. The number of nitrogens with two attached hydrogens (primary N) is 1. The number of carbonyl (C=O) groups excluding carboxylic acids is 1. The molecule has 1 aliphatic rings. The molecule has 2 rings (SSSR count). The Morgan fingerprint density at radius 3 is 2.60 bits per heavy atom. The number of hydrogen-bond donors (Lipinski definition) is 2. The molecule has 0 radical (unpaired) electrons. The van der Waals surface area contributed by atoms with E-state index in [1.807, 2.05) is 0 Å². The second kappa shape index (κ2) is 4.79. The van der Waals surface area contributed by atoms with E-state index in [0.29, 0.717) is 6.42 Å². The first-order valence-corrected chi connectivity index (χ1v) is 9.90. The number of carbonyl (C=O) groups is 1. The molecule has 1 amide bonds. The zero-order valence-corrected chi connectivity index (χ0v) is 13.1. The van der Waals surface area contributed by atoms with Crippen LogP contribution in [0.25, 0.3) is 0 Å². The van der Waals surface area contributed by atoms with Gasteiger partial charge >= 0.3 is 0 Å². The van der Waals surface area contributed by atoms with Gasteiger partial charge in [0.2, 0.25) is 10.0 Å². The van der Waals surface area contributed by atoms with E-state index in [4.69, 9.17) is 5.14 Å². The molecule has 0 aromatic carbocycles. The lowest BCUT2D eigenvalue weighted by Gasteiger charge is -2.23. The predicted molar refractivity (Wildman–Crippen MR) is 74.8 cm³/mol. The Morgan fingerprint density at radius 2 is 2.15 bits per heavy atom. The summed E-state index contributed by atoms with van der Waals surface area (Å²) in [5.41, 5.74) is -0.663. The number of nitrogens with one attached hydrogen (secondary N) is 1. The third kappa shape index (κ3) is 3.37. The summed E-state index contributed by atoms with van der Waals surface area (Å²) in [5.74, 6) is -0.580. The van der Waals surface area contributed by atoms with E-state index in [9.17, 15) is 21.6 Å². The minimum atomic E-state index is -3.83. The summed E-state index contributed by atoms with van der Waals surface area (Å²) in [7, 11) is -6.96. The number of thiophene rings is 1. The van der Waals surface area contributed by atoms with E-state index >= 15 is 0 Å². The van der Waals surface area contributed by atoms with Crippen LogP contribution in [0.1, 0.15) is 23.7 Å². The zero-order valence-electron chi connectivity index (χ0n) is 10.6. The van der Waals surface area contributed by atoms with E-state index in [1.54, 1.807) is 6.92 Å². The van der Waals surface area contributed by atoms with Crippen LogP contribution < -0.4 is 10.5 Å². The first kappa shape index (κ1) is 15.4. The van der Waals surface area contributed by atoms with Crippen LogP contribution in [0.4, 0.5) is 0 Å². The maximum atomic E-state index is 12.0. The van der Waals surface area contributed by atoms with Crippen LogP contribution in [0.2, 0.25) is 0 Å². The second-order valence-electron chi connectivity index (χ2n) is 5.06. The molecule has 1 unspecified atom stereocenters. The van der Waals surface area contributed by atoms with Gasteiger partial charge in [-0.05, 0) is 19.4 Å². The standard InChI is InChI=1S/C10H14N2O5S3/c1-10(2-3-19(14,15)6-10)12-9(13)7-4-8(18-5-7)20(11,16)17/h4-5H,2-3,6H2,1H3,(H,12,13)(H2,11,16,17). The van der Waals surface area contributed by atoms with Crippen molar-refractivity contribution in [2.75, 3.05) is 11.5 Å². The molecule has 1 aromatic heterocycles. The van der Waals surface area contributed by atoms with Gasteiger partial charge in [0.25, 0.3) is 5.91 Å². The largest absolute Gasteiger partial charge is 0.346 e. The summed E-state index contributed by atoms with van der Waals surface area (Å²) in [6.45, 7) is 1.66. The van der Waals surface area contributed by atoms with Crippen molar-refractivity contribution < 1.29 is 21.6 Å². The molecule has 2 heterocycles. The normalized spacial score (nSPS) is 25.5. The van der Waals surface area contributed by atoms with Gasteiger partial charge in [-0.3, -0.25) is 4.79 Å². The second-order valence-corrected chi connectivity index (χ2v) is 9.94. The summed E-state index contributed by atoms with van der Waals surface area (Å²) in [4.78, 5) is 12.0. The molecule has 7 nitrogen and oxygen atoms in total. The minimum Gasteiger partial charge on any atom is -0.346 e. The van der Waals surface area contributed by atoms with Crippen LogP contribution in [-0.2, 0) is 19.9 Å². The topological polar surface area (TPSA) is 123 Å². The highest BCUT2D eigenvalue weighted by molar-refractivity contribution is 7.91. The lowest BCUT2D eigenvalue weighted by molar-refractivity contribution is 0.0915. The van der Waals surface area contributed by atoms with Gasteiger partial charge in [-0.1, -0.05) is 0 Å². The van der Waals surface area contributed by atoms with Crippen LogP contribution in [0.5, 0.6) is 0 Å². The Bertz CT molecular complexity index is 750. The molecule has 0 spiro atoms. The molecule has 0 saturated carbocycles. The summed E-state index contributed by atoms with van der Waals surface area (Å²) in [6.07, 6.45) is 0.341. The molecular formula is C10H14N2O5S3. The highest BCUT2D eigenvalue weighted by Crippen LogP contribution is 2.24. The van der Waals surface area contributed by atoms with E-state index in [-0.39, 0.29) is 21.3 Å². The van der Waals surface area contributed by atoms with E-state index in [2.05, 4.69) is 5.32 Å². The first-order chi connectivity index (χ1) is 9.01. The molecular weight excluding hydrogens is 324 g/mol. The Labute approximate surface area is 121 Å². The van der Waals surface area contributed by atoms with E-state index in [1.165, 1.54) is 11.4 Å². The summed E-state index contributed by atoms with van der Waals surface area (Å²) in [6, 6.07) is 1.18. The van der Waals surface area contributed by atoms with Crippen molar-refractivity contribution in [3.05, 3.63) is 17.0 Å². The van der Waals surface area contributed by atoms with Gasteiger partial charge in [0.1, 0.15) is 4.21 Å². The van der Waals surface area contributed by atoms with E-state index < -0.39 is 31.3 Å². The third-order valence-corrected chi connectivity index (χ3v) is 7.33. The zero-order chi connectivity index (χ0) is 15.2. The Balaban J connectivity index is 2.16. The number of primary sulfonamides is 1. The summed E-state index contributed by atoms with van der Waals surface area (Å²) in [5, 5.41) is 8.99. The lowest BCUT2D eigenvalue weighted by Crippen LogP contribution is -2.46. The van der Waals surface area contributed by atoms with Gasteiger partial charge in [-0.15, -0.1) is 11.3 Å². The molecule has 3 N–H and O–H groups in total. The van der Waals surface area contributed by atoms with Crippen LogP contribution in [0, 0.1) is 0 Å². The van der Waals surface area contributed by atoms with Gasteiger partial charge in [-0.25, -0.2) is 22.0 Å². The molecule has 1 saturated heterocycles. The van der Waals surface area contributed by atoms with Crippen molar-refractivity contribution in [2.45, 2.75) is 23.1 Å². The SMILES string of the molecule is CC1(NC(=O)c2csc(S(N)(=O)=O)c2)CCS(=O)(=O)C1. The summed E-state index contributed by atoms with van der Waals surface area (Å²) >= 11 is 0.849. The lowest BCUT2D eigenvalue weighted by atomic mass is 10.0. The van der Waals surface area contributed by atoms with Gasteiger partial charge in [0.05, 0.1) is 22.6 Å². The Morgan fingerprint density at radius 1 is 1.50 bits per heavy atom. The Kier molecular flexibility index (Phi) is 3.70. The summed E-state index contributed by atoms with van der Waals surface area (Å²) < 4.78 is 45.1. The van der Waals surface area contributed by atoms with Gasteiger partial charge in [0, 0.05) is 5.38 Å². The number of sulfone groups is 1. The average Bonchev–Trinajstić information content (AvgIpc) is 2.82. The van der Waals surface area contributed by atoms with Crippen molar-refractivity contribution in [3.8, 4) is 0 Å². The molecule has 112 valence electrons. The average molecular weight is 338 g/mol. The monoisotopic (exact) mass is 338 g/mol. The fraction of sp³-hybridized carbons (Fsp3) is 0.500. The highest BCUT2D eigenvalue weighted by Gasteiger charge is 2.39. The molecule has 1 aliphatic heterocycles. The fourth-order valence-electron chi connectivity index (χ4n) is 2.04. The number of amides is 1. The van der Waals surface area contributed by atoms with Gasteiger partial charge in [0.15, 0.2) is 9.84 Å². The van der Waals surface area contributed by atoms with Crippen molar-refractivity contribution in [1.29, 1.82) is 0 Å². The van der Waals surface area contributed by atoms with Crippen LogP contribution in [-0.4, -0.2) is 39.8 Å². The Hall–Kier alpha value is -0.970. The smallest absolute Gasteiger partial charge is 0.252 e. The van der Waals surface area contributed by atoms with Crippen LogP contribution >= 0.6 is 11.3 Å².